The molecule has 1 saturated heterocycles. The van der Waals surface area contributed by atoms with Gasteiger partial charge in [0.15, 0.2) is 0 Å². The van der Waals surface area contributed by atoms with E-state index >= 15 is 0 Å². The summed E-state index contributed by atoms with van der Waals surface area (Å²) in [5.74, 6) is -2.60. The highest BCUT2D eigenvalue weighted by atomic mass is 19.4. The fourth-order valence-electron chi connectivity index (χ4n) is 2.15. The molecule has 1 aromatic carbocycles. The summed E-state index contributed by atoms with van der Waals surface area (Å²) in [5, 5.41) is 15.1. The Morgan fingerprint density at radius 2 is 2.14 bits per heavy atom. The second-order valence-electron chi connectivity index (χ2n) is 5.00. The molecular formula is C13H14F4N2O2. The fourth-order valence-corrected chi connectivity index (χ4v) is 2.15. The van der Waals surface area contributed by atoms with Gasteiger partial charge in [-0.15, -0.1) is 0 Å². The number of nitrogens with one attached hydrogen (secondary N) is 2. The predicted octanol–water partition coefficient (Wildman–Crippen LogP) is 1.30. The molecule has 116 valence electrons. The van der Waals surface area contributed by atoms with Crippen molar-refractivity contribution in [1.82, 2.24) is 10.6 Å². The van der Waals surface area contributed by atoms with Crippen LogP contribution in [0.5, 0.6) is 0 Å². The van der Waals surface area contributed by atoms with Crippen LogP contribution in [0.1, 0.15) is 22.3 Å². The third-order valence-electron chi connectivity index (χ3n) is 3.35. The summed E-state index contributed by atoms with van der Waals surface area (Å²) in [6, 6.07) is 2.50. The third kappa shape index (κ3) is 3.51. The molecule has 1 atom stereocenters. The maximum absolute atomic E-state index is 13.8. The number of β-amino-alcohol motifs (C(OH)–C–C–N with tert-alkyl or cyclic N) is 1. The summed E-state index contributed by atoms with van der Waals surface area (Å²) in [5.41, 5.74) is -3.34. The highest BCUT2D eigenvalue weighted by molar-refractivity contribution is 5.94. The van der Waals surface area contributed by atoms with Crippen molar-refractivity contribution in [3.63, 3.8) is 0 Å². The van der Waals surface area contributed by atoms with E-state index in [9.17, 15) is 27.5 Å². The standard InChI is InChI=1S/C13H14F4N2O2/c14-10-8(2-1-3-9(10)13(15,16)17)11(20)19-7-12(21)4-5-18-6-12/h1-3,18,21H,4-7H2,(H,19,20). The number of hydrogen-bond donors (Lipinski definition) is 3. The molecule has 1 aromatic rings. The lowest BCUT2D eigenvalue weighted by Crippen LogP contribution is -2.44. The summed E-state index contributed by atoms with van der Waals surface area (Å²) < 4.78 is 51.5. The Labute approximate surface area is 118 Å². The minimum atomic E-state index is -4.87. The van der Waals surface area contributed by atoms with Crippen LogP contribution in [-0.4, -0.2) is 36.2 Å². The molecule has 21 heavy (non-hydrogen) atoms. The molecule has 1 heterocycles. The smallest absolute Gasteiger partial charge is 0.387 e. The molecule has 0 radical (unpaired) electrons. The van der Waals surface area contributed by atoms with Crippen molar-refractivity contribution in [2.45, 2.75) is 18.2 Å². The predicted molar refractivity (Wildman–Crippen MR) is 66.2 cm³/mol. The summed E-state index contributed by atoms with van der Waals surface area (Å²) >= 11 is 0. The Morgan fingerprint density at radius 1 is 1.43 bits per heavy atom. The molecule has 0 aromatic heterocycles. The molecule has 0 bridgehead atoms. The van der Waals surface area contributed by atoms with Crippen LogP contribution in [0.2, 0.25) is 0 Å². The monoisotopic (exact) mass is 306 g/mol. The first-order valence-corrected chi connectivity index (χ1v) is 6.30. The average Bonchev–Trinajstić information content (AvgIpc) is 2.82. The largest absolute Gasteiger partial charge is 0.419 e. The van der Waals surface area contributed by atoms with Crippen molar-refractivity contribution >= 4 is 5.91 Å². The molecule has 1 aliphatic rings. The van der Waals surface area contributed by atoms with E-state index in [1.165, 1.54) is 0 Å². The zero-order valence-electron chi connectivity index (χ0n) is 10.9. The minimum Gasteiger partial charge on any atom is -0.387 e. The summed E-state index contributed by atoms with van der Waals surface area (Å²) in [7, 11) is 0. The molecule has 0 saturated carbocycles. The number of halogens is 4. The van der Waals surface area contributed by atoms with Crippen LogP contribution < -0.4 is 10.6 Å². The van der Waals surface area contributed by atoms with Gasteiger partial charge < -0.3 is 15.7 Å². The van der Waals surface area contributed by atoms with Crippen molar-refractivity contribution in [2.75, 3.05) is 19.6 Å². The second-order valence-corrected chi connectivity index (χ2v) is 5.00. The molecule has 8 heteroatoms. The Bertz CT molecular complexity index is 539. The van der Waals surface area contributed by atoms with E-state index in [1.54, 1.807) is 0 Å². The van der Waals surface area contributed by atoms with E-state index < -0.39 is 34.6 Å². The second kappa shape index (κ2) is 5.61. The zero-order valence-corrected chi connectivity index (χ0v) is 10.9. The normalized spacial score (nSPS) is 22.3. The van der Waals surface area contributed by atoms with Crippen LogP contribution in [0, 0.1) is 5.82 Å². The van der Waals surface area contributed by atoms with Crippen molar-refractivity contribution < 1.29 is 27.5 Å². The topological polar surface area (TPSA) is 61.4 Å². The number of carbonyl (C=O) groups excluding carboxylic acids is 1. The van der Waals surface area contributed by atoms with E-state index in [0.29, 0.717) is 19.0 Å². The maximum Gasteiger partial charge on any atom is 0.419 e. The van der Waals surface area contributed by atoms with Crippen molar-refractivity contribution in [2.24, 2.45) is 0 Å². The SMILES string of the molecule is O=C(NCC1(O)CCNC1)c1cccc(C(F)(F)F)c1F. The number of rotatable bonds is 3. The molecule has 1 fully saturated rings. The highest BCUT2D eigenvalue weighted by Crippen LogP contribution is 2.32. The van der Waals surface area contributed by atoms with Gasteiger partial charge in [-0.1, -0.05) is 6.07 Å². The van der Waals surface area contributed by atoms with Gasteiger partial charge in [0.25, 0.3) is 5.91 Å². The maximum atomic E-state index is 13.8. The Kier molecular flexibility index (Phi) is 4.20. The van der Waals surface area contributed by atoms with Crippen molar-refractivity contribution in [3.05, 3.63) is 35.1 Å². The zero-order chi connectivity index (χ0) is 15.7. The van der Waals surface area contributed by atoms with Gasteiger partial charge in [-0.05, 0) is 25.1 Å². The number of benzene rings is 1. The fraction of sp³-hybridized carbons (Fsp3) is 0.462. The van der Waals surface area contributed by atoms with Gasteiger partial charge in [0.1, 0.15) is 5.82 Å². The molecule has 1 unspecified atom stereocenters. The lowest BCUT2D eigenvalue weighted by molar-refractivity contribution is -0.140. The van der Waals surface area contributed by atoms with Crippen molar-refractivity contribution in [1.29, 1.82) is 0 Å². The van der Waals surface area contributed by atoms with Gasteiger partial charge >= 0.3 is 6.18 Å². The number of amides is 1. The number of alkyl halides is 3. The van der Waals surface area contributed by atoms with Crippen molar-refractivity contribution in [3.8, 4) is 0 Å². The van der Waals surface area contributed by atoms with E-state index in [2.05, 4.69) is 10.6 Å². The van der Waals surface area contributed by atoms with Crippen LogP contribution in [0.15, 0.2) is 18.2 Å². The Morgan fingerprint density at radius 3 is 2.71 bits per heavy atom. The lowest BCUT2D eigenvalue weighted by Gasteiger charge is -2.21. The number of carbonyl (C=O) groups is 1. The van der Waals surface area contributed by atoms with Crippen LogP contribution >= 0.6 is 0 Å². The molecule has 3 N–H and O–H groups in total. The summed E-state index contributed by atoms with van der Waals surface area (Å²) in [6.07, 6.45) is -4.47. The van der Waals surface area contributed by atoms with E-state index in [4.69, 9.17) is 0 Å². The van der Waals surface area contributed by atoms with Gasteiger partial charge in [-0.3, -0.25) is 4.79 Å². The molecule has 0 spiro atoms. The van der Waals surface area contributed by atoms with E-state index in [1.807, 2.05) is 0 Å². The van der Waals surface area contributed by atoms with Crippen LogP contribution in [0.4, 0.5) is 17.6 Å². The molecule has 1 amide bonds. The van der Waals surface area contributed by atoms with Gasteiger partial charge in [0.05, 0.1) is 16.7 Å². The van der Waals surface area contributed by atoms with Gasteiger partial charge in [-0.25, -0.2) is 4.39 Å². The molecule has 2 rings (SSSR count). The first kappa shape index (κ1) is 15.7. The number of hydrogen-bond acceptors (Lipinski definition) is 3. The molecular weight excluding hydrogens is 292 g/mol. The number of aliphatic hydroxyl groups is 1. The molecule has 1 aliphatic heterocycles. The first-order chi connectivity index (χ1) is 9.73. The highest BCUT2D eigenvalue weighted by Gasteiger charge is 2.36. The van der Waals surface area contributed by atoms with Gasteiger partial charge in [0, 0.05) is 13.1 Å². The molecule has 4 nitrogen and oxygen atoms in total. The first-order valence-electron chi connectivity index (χ1n) is 6.30. The van der Waals surface area contributed by atoms with Crippen LogP contribution in [0.25, 0.3) is 0 Å². The summed E-state index contributed by atoms with van der Waals surface area (Å²) in [4.78, 5) is 11.8. The Hall–Kier alpha value is -1.67. The van der Waals surface area contributed by atoms with Gasteiger partial charge in [0.2, 0.25) is 0 Å². The van der Waals surface area contributed by atoms with Crippen LogP contribution in [0.3, 0.4) is 0 Å². The molecule has 0 aliphatic carbocycles. The third-order valence-corrected chi connectivity index (χ3v) is 3.35. The summed E-state index contributed by atoms with van der Waals surface area (Å²) in [6.45, 7) is 0.678. The Balaban J connectivity index is 2.13. The quantitative estimate of drug-likeness (QED) is 0.738. The average molecular weight is 306 g/mol. The van der Waals surface area contributed by atoms with E-state index in [-0.39, 0.29) is 13.1 Å². The van der Waals surface area contributed by atoms with E-state index in [0.717, 1.165) is 12.1 Å². The lowest BCUT2D eigenvalue weighted by atomic mass is 10.0. The van der Waals surface area contributed by atoms with Crippen LogP contribution in [-0.2, 0) is 6.18 Å². The van der Waals surface area contributed by atoms with Gasteiger partial charge in [-0.2, -0.15) is 13.2 Å². The minimum absolute atomic E-state index is 0.158.